The van der Waals surface area contributed by atoms with Gasteiger partial charge >= 0.3 is 0 Å². The van der Waals surface area contributed by atoms with E-state index < -0.39 is 0 Å². The summed E-state index contributed by atoms with van der Waals surface area (Å²) in [6, 6.07) is 5.45. The summed E-state index contributed by atoms with van der Waals surface area (Å²) in [5.41, 5.74) is 4.70. The number of carbonyl (C=O) groups excluding carboxylic acids is 1. The van der Waals surface area contributed by atoms with E-state index in [0.717, 1.165) is 5.56 Å². The Morgan fingerprint density at radius 3 is 3.00 bits per heavy atom. The number of hydrogen-bond acceptors (Lipinski definition) is 5. The molecule has 1 saturated heterocycles. The highest BCUT2D eigenvalue weighted by molar-refractivity contribution is 5.99. The summed E-state index contributed by atoms with van der Waals surface area (Å²) in [7, 11) is 0. The average Bonchev–Trinajstić information content (AvgIpc) is 2.45. The van der Waals surface area contributed by atoms with Crippen molar-refractivity contribution in [2.45, 2.75) is 13.0 Å². The van der Waals surface area contributed by atoms with E-state index in [4.69, 9.17) is 15.3 Å². The van der Waals surface area contributed by atoms with E-state index in [2.05, 4.69) is 10.7 Å². The van der Waals surface area contributed by atoms with E-state index in [1.807, 2.05) is 19.1 Å². The van der Waals surface area contributed by atoms with E-state index in [1.165, 1.54) is 0 Å². The van der Waals surface area contributed by atoms with Gasteiger partial charge in [0.15, 0.2) is 0 Å². The van der Waals surface area contributed by atoms with Crippen LogP contribution < -0.4 is 16.6 Å². The van der Waals surface area contributed by atoms with Crippen molar-refractivity contribution in [3.8, 4) is 0 Å². The molecule has 0 radical (unpaired) electrons. The highest BCUT2D eigenvalue weighted by Crippen LogP contribution is 2.16. The molecule has 2 rings (SSSR count). The predicted molar refractivity (Wildman–Crippen MR) is 71.9 cm³/mol. The van der Waals surface area contributed by atoms with E-state index in [0.29, 0.717) is 37.6 Å². The Labute approximate surface area is 112 Å². The molecule has 1 aromatic carbocycles. The standard InChI is InChI=1S/C13H19N3O3/c1-9-2-3-11(12(6-9)16-14)13(17)15-7-10-8-18-4-5-19-10/h2-3,6,10,16H,4-5,7-8,14H2,1H3,(H,15,17). The molecule has 1 aliphatic rings. The SMILES string of the molecule is Cc1ccc(C(=O)NCC2COCCO2)c(NN)c1. The van der Waals surface area contributed by atoms with Gasteiger partial charge in [-0.05, 0) is 24.6 Å². The molecule has 0 aliphatic carbocycles. The van der Waals surface area contributed by atoms with Crippen LogP contribution >= 0.6 is 0 Å². The molecule has 1 aromatic rings. The number of rotatable bonds is 4. The Morgan fingerprint density at radius 1 is 1.47 bits per heavy atom. The summed E-state index contributed by atoms with van der Waals surface area (Å²) in [4.78, 5) is 12.1. The number of anilines is 1. The minimum absolute atomic E-state index is 0.0857. The zero-order valence-electron chi connectivity index (χ0n) is 10.9. The van der Waals surface area contributed by atoms with Gasteiger partial charge in [-0.3, -0.25) is 10.6 Å². The fourth-order valence-electron chi connectivity index (χ4n) is 1.93. The maximum atomic E-state index is 12.1. The Morgan fingerprint density at radius 2 is 2.32 bits per heavy atom. The molecule has 6 nitrogen and oxygen atoms in total. The van der Waals surface area contributed by atoms with Crippen molar-refractivity contribution in [1.82, 2.24) is 5.32 Å². The number of benzene rings is 1. The number of hydrogen-bond donors (Lipinski definition) is 3. The van der Waals surface area contributed by atoms with Crippen LogP contribution in [0, 0.1) is 6.92 Å². The third-order valence-electron chi connectivity index (χ3n) is 2.95. The summed E-state index contributed by atoms with van der Waals surface area (Å²) in [5.74, 6) is 5.24. The normalized spacial score (nSPS) is 18.9. The molecule has 0 spiro atoms. The van der Waals surface area contributed by atoms with E-state index in [9.17, 15) is 4.79 Å². The van der Waals surface area contributed by atoms with Gasteiger partial charge in [0.1, 0.15) is 0 Å². The molecule has 0 aromatic heterocycles. The first-order valence-corrected chi connectivity index (χ1v) is 6.25. The fraction of sp³-hybridized carbons (Fsp3) is 0.462. The van der Waals surface area contributed by atoms with Crippen LogP contribution in [0.15, 0.2) is 18.2 Å². The molecule has 0 saturated carbocycles. The van der Waals surface area contributed by atoms with Crippen LogP contribution in [0.1, 0.15) is 15.9 Å². The van der Waals surface area contributed by atoms with Crippen molar-refractivity contribution in [1.29, 1.82) is 0 Å². The first kappa shape index (κ1) is 13.8. The summed E-state index contributed by atoms with van der Waals surface area (Å²) in [5, 5.41) is 2.82. The molecule has 6 heteroatoms. The Balaban J connectivity index is 1.95. The van der Waals surface area contributed by atoms with Gasteiger partial charge in [-0.2, -0.15) is 0 Å². The molecule has 19 heavy (non-hydrogen) atoms. The maximum absolute atomic E-state index is 12.1. The zero-order chi connectivity index (χ0) is 13.7. The van der Waals surface area contributed by atoms with Crippen molar-refractivity contribution in [3.63, 3.8) is 0 Å². The van der Waals surface area contributed by atoms with E-state index in [1.54, 1.807) is 6.07 Å². The van der Waals surface area contributed by atoms with Crippen molar-refractivity contribution < 1.29 is 14.3 Å². The summed E-state index contributed by atoms with van der Waals surface area (Å²) < 4.78 is 10.7. The first-order chi connectivity index (χ1) is 9.20. The number of amides is 1. The van der Waals surface area contributed by atoms with Crippen LogP contribution in [0.3, 0.4) is 0 Å². The van der Waals surface area contributed by atoms with E-state index in [-0.39, 0.29) is 12.0 Å². The van der Waals surface area contributed by atoms with Crippen molar-refractivity contribution >= 4 is 11.6 Å². The van der Waals surface area contributed by atoms with E-state index >= 15 is 0 Å². The molecule has 1 heterocycles. The highest BCUT2D eigenvalue weighted by Gasteiger charge is 2.17. The predicted octanol–water partition coefficient (Wildman–Crippen LogP) is 0.426. The van der Waals surface area contributed by atoms with Crippen molar-refractivity contribution in [3.05, 3.63) is 29.3 Å². The van der Waals surface area contributed by atoms with Crippen LogP contribution in [0.2, 0.25) is 0 Å². The number of carbonyl (C=O) groups is 1. The topological polar surface area (TPSA) is 85.6 Å². The summed E-state index contributed by atoms with van der Waals surface area (Å²) >= 11 is 0. The molecule has 1 atom stereocenters. The van der Waals surface area contributed by atoms with Crippen LogP contribution in [0.5, 0.6) is 0 Å². The largest absolute Gasteiger partial charge is 0.376 e. The van der Waals surface area contributed by atoms with Crippen LogP contribution in [-0.2, 0) is 9.47 Å². The molecule has 0 bridgehead atoms. The fourth-order valence-corrected chi connectivity index (χ4v) is 1.93. The molecular formula is C13H19N3O3. The Kier molecular flexibility index (Phi) is 4.73. The quantitative estimate of drug-likeness (QED) is 0.543. The minimum Gasteiger partial charge on any atom is -0.376 e. The van der Waals surface area contributed by atoms with Crippen LogP contribution in [-0.4, -0.2) is 38.4 Å². The van der Waals surface area contributed by atoms with Crippen molar-refractivity contribution in [2.75, 3.05) is 31.8 Å². The second-order valence-electron chi connectivity index (χ2n) is 4.47. The molecule has 104 valence electrons. The number of nitrogens with two attached hydrogens (primary N) is 1. The van der Waals surface area contributed by atoms with Gasteiger partial charge < -0.3 is 20.2 Å². The van der Waals surface area contributed by atoms with Gasteiger partial charge in [-0.15, -0.1) is 0 Å². The molecule has 1 unspecified atom stereocenters. The lowest BCUT2D eigenvalue weighted by Gasteiger charge is -2.23. The van der Waals surface area contributed by atoms with Crippen LogP contribution in [0.25, 0.3) is 0 Å². The zero-order valence-corrected chi connectivity index (χ0v) is 10.9. The molecule has 1 amide bonds. The number of nitrogen functional groups attached to an aromatic ring is 1. The molecule has 4 N–H and O–H groups in total. The number of aryl methyl sites for hydroxylation is 1. The molecule has 1 fully saturated rings. The number of hydrazine groups is 1. The molecular weight excluding hydrogens is 246 g/mol. The van der Waals surface area contributed by atoms with Gasteiger partial charge in [-0.25, -0.2) is 0 Å². The smallest absolute Gasteiger partial charge is 0.253 e. The Bertz CT molecular complexity index is 445. The second-order valence-corrected chi connectivity index (χ2v) is 4.47. The lowest BCUT2D eigenvalue weighted by Crippen LogP contribution is -2.39. The average molecular weight is 265 g/mol. The van der Waals surface area contributed by atoms with Gasteiger partial charge in [0.2, 0.25) is 0 Å². The number of nitrogens with one attached hydrogen (secondary N) is 2. The highest BCUT2D eigenvalue weighted by atomic mass is 16.6. The third-order valence-corrected chi connectivity index (χ3v) is 2.95. The minimum atomic E-state index is -0.179. The molecule has 1 aliphatic heterocycles. The summed E-state index contributed by atoms with van der Waals surface area (Å²) in [6.07, 6.45) is -0.0857. The lowest BCUT2D eigenvalue weighted by molar-refractivity contribution is -0.0855. The number of ether oxygens (including phenoxy) is 2. The van der Waals surface area contributed by atoms with Gasteiger partial charge in [0, 0.05) is 6.54 Å². The van der Waals surface area contributed by atoms with Gasteiger partial charge in [0.05, 0.1) is 37.2 Å². The van der Waals surface area contributed by atoms with Crippen LogP contribution in [0.4, 0.5) is 5.69 Å². The van der Waals surface area contributed by atoms with Gasteiger partial charge in [-0.1, -0.05) is 6.07 Å². The second kappa shape index (κ2) is 6.51. The van der Waals surface area contributed by atoms with Crippen molar-refractivity contribution in [2.24, 2.45) is 5.84 Å². The summed E-state index contributed by atoms with van der Waals surface area (Å²) in [6.45, 7) is 4.06. The monoisotopic (exact) mass is 265 g/mol. The van der Waals surface area contributed by atoms with Gasteiger partial charge in [0.25, 0.3) is 5.91 Å². The lowest BCUT2D eigenvalue weighted by atomic mass is 10.1. The first-order valence-electron chi connectivity index (χ1n) is 6.25. The maximum Gasteiger partial charge on any atom is 0.253 e. The third kappa shape index (κ3) is 3.66. The Hall–Kier alpha value is -1.63.